The molecule has 0 bridgehead atoms. The number of rotatable bonds is 3. The molecule has 1 aliphatic carbocycles. The molecular formula is C27H24S. The van der Waals surface area contributed by atoms with E-state index in [0.717, 1.165) is 6.42 Å². The van der Waals surface area contributed by atoms with Crippen molar-refractivity contribution in [1.82, 2.24) is 0 Å². The maximum atomic E-state index is 2.43. The van der Waals surface area contributed by atoms with Crippen molar-refractivity contribution < 1.29 is 0 Å². The van der Waals surface area contributed by atoms with Crippen molar-refractivity contribution in [3.63, 3.8) is 0 Å². The second-order valence-corrected chi connectivity index (χ2v) is 11.5. The molecule has 0 saturated carbocycles. The summed E-state index contributed by atoms with van der Waals surface area (Å²) in [7, 11) is -0.790. The van der Waals surface area contributed by atoms with Gasteiger partial charge in [0.05, 0.1) is 0 Å². The molecule has 3 aromatic carbocycles. The molecule has 1 heteroatoms. The Labute approximate surface area is 169 Å². The third-order valence-corrected chi connectivity index (χ3v) is 8.12. The molecule has 5 rings (SSSR count). The summed E-state index contributed by atoms with van der Waals surface area (Å²) >= 11 is 0. The summed E-state index contributed by atoms with van der Waals surface area (Å²) in [6, 6.07) is 26.3. The fourth-order valence-corrected chi connectivity index (χ4v) is 6.12. The van der Waals surface area contributed by atoms with Gasteiger partial charge in [-0.2, -0.15) is 10.0 Å². The number of hydrogen-bond donors (Lipinski definition) is 0. The summed E-state index contributed by atoms with van der Waals surface area (Å²) < 4.78 is 0. The van der Waals surface area contributed by atoms with E-state index in [-0.39, 0.29) is 0 Å². The lowest BCUT2D eigenvalue weighted by Crippen LogP contribution is -1.96. The van der Waals surface area contributed by atoms with Crippen LogP contribution in [0.1, 0.15) is 11.1 Å². The Morgan fingerprint density at radius 3 is 2.14 bits per heavy atom. The van der Waals surface area contributed by atoms with Gasteiger partial charge in [0.25, 0.3) is 0 Å². The Hall–Kier alpha value is -2.77. The van der Waals surface area contributed by atoms with E-state index in [0.29, 0.717) is 0 Å². The molecule has 28 heavy (non-hydrogen) atoms. The smallest absolute Gasteiger partial charge is 0.000874 e. The molecular weight excluding hydrogens is 356 g/mol. The van der Waals surface area contributed by atoms with E-state index in [1.807, 2.05) is 0 Å². The maximum Gasteiger partial charge on any atom is -0.000874 e. The summed E-state index contributed by atoms with van der Waals surface area (Å²) in [5, 5.41) is 2.38. The first kappa shape index (κ1) is 17.3. The van der Waals surface area contributed by atoms with E-state index in [1.54, 1.807) is 0 Å². The molecule has 0 radical (unpaired) electrons. The van der Waals surface area contributed by atoms with Crippen molar-refractivity contribution in [3.8, 4) is 22.3 Å². The van der Waals surface area contributed by atoms with Crippen LogP contribution in [0.2, 0.25) is 0 Å². The van der Waals surface area contributed by atoms with Crippen molar-refractivity contribution in [1.29, 1.82) is 0 Å². The summed E-state index contributed by atoms with van der Waals surface area (Å²) in [5.41, 5.74) is 9.50. The highest BCUT2D eigenvalue weighted by Gasteiger charge is 2.26. The van der Waals surface area contributed by atoms with Crippen LogP contribution < -0.4 is 0 Å². The van der Waals surface area contributed by atoms with E-state index in [9.17, 15) is 0 Å². The van der Waals surface area contributed by atoms with E-state index >= 15 is 0 Å². The number of allylic oxidation sites excluding steroid dienone is 3. The molecule has 0 atom stereocenters. The van der Waals surface area contributed by atoms with E-state index in [4.69, 9.17) is 0 Å². The Morgan fingerprint density at radius 1 is 0.714 bits per heavy atom. The molecule has 0 nitrogen and oxygen atoms in total. The minimum atomic E-state index is -0.790. The average Bonchev–Trinajstić information content (AvgIpc) is 3.30. The van der Waals surface area contributed by atoms with Crippen molar-refractivity contribution in [2.24, 2.45) is 0 Å². The van der Waals surface area contributed by atoms with Gasteiger partial charge in [-0.1, -0.05) is 78.9 Å². The minimum Gasteiger partial charge on any atom is -0.200 e. The van der Waals surface area contributed by atoms with Crippen LogP contribution in [0.3, 0.4) is 0 Å². The van der Waals surface area contributed by atoms with Gasteiger partial charge >= 0.3 is 0 Å². The zero-order valence-electron chi connectivity index (χ0n) is 16.4. The summed E-state index contributed by atoms with van der Waals surface area (Å²) in [6.45, 7) is 0. The lowest BCUT2D eigenvalue weighted by atomic mass is 9.95. The Balaban J connectivity index is 1.51. The lowest BCUT2D eigenvalue weighted by molar-refractivity contribution is 1.24. The minimum absolute atomic E-state index is 0.790. The summed E-state index contributed by atoms with van der Waals surface area (Å²) in [5.74, 6) is 0. The van der Waals surface area contributed by atoms with Gasteiger partial charge in [0.1, 0.15) is 0 Å². The van der Waals surface area contributed by atoms with Crippen LogP contribution in [-0.4, -0.2) is 12.5 Å². The van der Waals surface area contributed by atoms with Gasteiger partial charge in [-0.25, -0.2) is 0 Å². The maximum absolute atomic E-state index is 2.43. The molecule has 0 N–H and O–H groups in total. The normalized spacial score (nSPS) is 17.8. The largest absolute Gasteiger partial charge is 0.200 e. The van der Waals surface area contributed by atoms with Gasteiger partial charge in [0.2, 0.25) is 0 Å². The van der Waals surface area contributed by atoms with Crippen LogP contribution in [0.25, 0.3) is 28.3 Å². The number of benzene rings is 3. The number of hydrogen-bond acceptors (Lipinski definition) is 0. The fraction of sp³-hybridized carbons (Fsp3) is 0.111. The summed E-state index contributed by atoms with van der Waals surface area (Å²) in [6.07, 6.45) is 12.8. The standard InChI is InChI=1S/C27H24S/c1-28(2)17-7-12-27(28)24-18-23-10-6-11-25(26(23)19-24)22-15-13-21(14-16-22)20-8-4-3-5-9-20/h3-17,19H,18H2,1-2H3. The van der Waals surface area contributed by atoms with Crippen molar-refractivity contribution in [3.05, 3.63) is 112 Å². The second-order valence-electron chi connectivity index (χ2n) is 7.93. The quantitative estimate of drug-likeness (QED) is 0.443. The van der Waals surface area contributed by atoms with Gasteiger partial charge in [-0.3, -0.25) is 0 Å². The monoisotopic (exact) mass is 380 g/mol. The van der Waals surface area contributed by atoms with Crippen LogP contribution in [0.4, 0.5) is 0 Å². The molecule has 0 amide bonds. The van der Waals surface area contributed by atoms with Crippen LogP contribution in [0.5, 0.6) is 0 Å². The van der Waals surface area contributed by atoms with Gasteiger partial charge in [-0.05, 0) is 80.4 Å². The van der Waals surface area contributed by atoms with E-state index in [1.165, 1.54) is 43.9 Å². The summed E-state index contributed by atoms with van der Waals surface area (Å²) in [4.78, 5) is 1.54. The molecule has 2 aliphatic rings. The van der Waals surface area contributed by atoms with Gasteiger partial charge in [0, 0.05) is 0 Å². The topological polar surface area (TPSA) is 0 Å². The third-order valence-electron chi connectivity index (χ3n) is 5.75. The highest BCUT2D eigenvalue weighted by molar-refractivity contribution is 8.38. The van der Waals surface area contributed by atoms with Gasteiger partial charge < -0.3 is 0 Å². The Morgan fingerprint density at radius 2 is 1.43 bits per heavy atom. The molecule has 1 aliphatic heterocycles. The van der Waals surface area contributed by atoms with E-state index in [2.05, 4.69) is 109 Å². The molecule has 0 saturated heterocycles. The molecule has 0 spiro atoms. The zero-order chi connectivity index (χ0) is 19.1. The van der Waals surface area contributed by atoms with Crippen LogP contribution in [0.15, 0.2) is 101 Å². The van der Waals surface area contributed by atoms with E-state index < -0.39 is 10.0 Å². The second kappa shape index (κ2) is 6.68. The molecule has 0 aromatic heterocycles. The van der Waals surface area contributed by atoms with Gasteiger partial charge in [-0.15, -0.1) is 0 Å². The molecule has 3 aromatic rings. The fourth-order valence-electron chi connectivity index (χ4n) is 4.27. The molecule has 138 valence electrons. The highest BCUT2D eigenvalue weighted by Crippen LogP contribution is 2.58. The SMILES string of the molecule is CS1(C)C=CC=C1C1=Cc2c(cccc2-c2ccc(-c3ccccc3)cc2)C1. The van der Waals surface area contributed by atoms with Crippen LogP contribution in [-0.2, 0) is 6.42 Å². The predicted molar refractivity (Wildman–Crippen MR) is 126 cm³/mol. The number of fused-ring (bicyclic) bond motifs is 1. The molecule has 0 unspecified atom stereocenters. The van der Waals surface area contributed by atoms with Crippen LogP contribution in [0, 0.1) is 0 Å². The first-order chi connectivity index (χ1) is 13.6. The molecule has 0 fully saturated rings. The van der Waals surface area contributed by atoms with Crippen molar-refractivity contribution >= 4 is 16.1 Å². The average molecular weight is 381 g/mol. The molecule has 1 heterocycles. The third kappa shape index (κ3) is 2.96. The lowest BCUT2D eigenvalue weighted by Gasteiger charge is -2.28. The first-order valence-electron chi connectivity index (χ1n) is 9.72. The Kier molecular flexibility index (Phi) is 4.14. The van der Waals surface area contributed by atoms with Crippen molar-refractivity contribution in [2.75, 3.05) is 12.5 Å². The van der Waals surface area contributed by atoms with Gasteiger partial charge in [0.15, 0.2) is 0 Å². The van der Waals surface area contributed by atoms with Crippen molar-refractivity contribution in [2.45, 2.75) is 6.42 Å². The first-order valence-corrected chi connectivity index (χ1v) is 12.2. The Bertz CT molecular complexity index is 1130. The van der Waals surface area contributed by atoms with Crippen LogP contribution >= 0.6 is 10.0 Å². The predicted octanol–water partition coefficient (Wildman–Crippen LogP) is 7.44. The highest BCUT2D eigenvalue weighted by atomic mass is 32.3. The zero-order valence-corrected chi connectivity index (χ0v) is 17.2.